The summed E-state index contributed by atoms with van der Waals surface area (Å²) in [5, 5.41) is 6.34. The van der Waals surface area contributed by atoms with Crippen LogP contribution in [0.5, 0.6) is 0 Å². The van der Waals surface area contributed by atoms with Gasteiger partial charge in [-0.3, -0.25) is 10.1 Å². The molecule has 1 aromatic rings. The van der Waals surface area contributed by atoms with Crippen molar-refractivity contribution in [3.8, 4) is 0 Å². The molecule has 0 unspecified atom stereocenters. The third-order valence-corrected chi connectivity index (χ3v) is 3.56. The molecule has 5 heteroatoms. The maximum absolute atomic E-state index is 12.2. The molecule has 1 heterocycles. The Morgan fingerprint density at radius 1 is 1.50 bits per heavy atom. The van der Waals surface area contributed by atoms with Gasteiger partial charge in [-0.1, -0.05) is 19.8 Å². The summed E-state index contributed by atoms with van der Waals surface area (Å²) in [4.78, 5) is 16.6. The quantitative estimate of drug-likeness (QED) is 0.783. The lowest BCUT2D eigenvalue weighted by molar-refractivity contribution is -0.157. The third-order valence-electron chi connectivity index (χ3n) is 2.73. The molecule has 4 nitrogen and oxygen atoms in total. The second-order valence-electron chi connectivity index (χ2n) is 5.97. The number of unbranched alkanes of at least 4 members (excludes halogenated alkanes) is 1. The van der Waals surface area contributed by atoms with Gasteiger partial charge in [-0.25, -0.2) is 4.98 Å². The van der Waals surface area contributed by atoms with E-state index in [-0.39, 0.29) is 12.0 Å². The van der Waals surface area contributed by atoms with E-state index in [0.717, 1.165) is 30.0 Å². The van der Waals surface area contributed by atoms with Crippen LogP contribution in [0.25, 0.3) is 0 Å². The number of hydrogen-bond donors (Lipinski definition) is 1. The Labute approximate surface area is 125 Å². The molecule has 1 rings (SSSR count). The number of esters is 1. The van der Waals surface area contributed by atoms with Gasteiger partial charge in [0, 0.05) is 11.9 Å². The van der Waals surface area contributed by atoms with E-state index in [2.05, 4.69) is 17.2 Å². The molecular formula is C15H26N2O2S. The molecule has 1 atom stereocenters. The van der Waals surface area contributed by atoms with E-state index < -0.39 is 5.60 Å². The van der Waals surface area contributed by atoms with Crippen molar-refractivity contribution < 1.29 is 9.53 Å². The van der Waals surface area contributed by atoms with Gasteiger partial charge in [-0.2, -0.15) is 0 Å². The zero-order valence-corrected chi connectivity index (χ0v) is 14.0. The third kappa shape index (κ3) is 6.48. The number of rotatable bonds is 7. The van der Waals surface area contributed by atoms with E-state index in [1.54, 1.807) is 11.3 Å². The van der Waals surface area contributed by atoms with Crippen molar-refractivity contribution >= 4 is 17.3 Å². The van der Waals surface area contributed by atoms with Crippen LogP contribution in [0, 0.1) is 6.92 Å². The minimum Gasteiger partial charge on any atom is -0.459 e. The van der Waals surface area contributed by atoms with Crippen molar-refractivity contribution in [2.75, 3.05) is 0 Å². The van der Waals surface area contributed by atoms with Crippen molar-refractivity contribution in [1.29, 1.82) is 0 Å². The molecule has 0 bridgehead atoms. The SMILES string of the molecule is CCCC[C@H](NCc1csc(C)n1)C(=O)OC(C)(C)C. The molecule has 0 fully saturated rings. The van der Waals surface area contributed by atoms with E-state index in [9.17, 15) is 4.79 Å². The molecule has 0 aliphatic carbocycles. The van der Waals surface area contributed by atoms with Crippen LogP contribution in [-0.2, 0) is 16.1 Å². The van der Waals surface area contributed by atoms with Crippen molar-refractivity contribution in [3.05, 3.63) is 16.1 Å². The molecule has 0 aromatic carbocycles. The monoisotopic (exact) mass is 298 g/mol. The van der Waals surface area contributed by atoms with Gasteiger partial charge in [0.2, 0.25) is 0 Å². The van der Waals surface area contributed by atoms with Gasteiger partial charge in [0.1, 0.15) is 11.6 Å². The molecule has 0 aliphatic heterocycles. The molecule has 0 saturated carbocycles. The van der Waals surface area contributed by atoms with Crippen LogP contribution < -0.4 is 5.32 Å². The van der Waals surface area contributed by atoms with Gasteiger partial charge in [-0.15, -0.1) is 11.3 Å². The molecule has 114 valence electrons. The van der Waals surface area contributed by atoms with Crippen LogP contribution in [0.1, 0.15) is 57.7 Å². The zero-order chi connectivity index (χ0) is 15.2. The summed E-state index contributed by atoms with van der Waals surface area (Å²) in [6.45, 7) is 10.4. The van der Waals surface area contributed by atoms with Crippen molar-refractivity contribution in [3.63, 3.8) is 0 Å². The number of hydrogen-bond acceptors (Lipinski definition) is 5. The largest absolute Gasteiger partial charge is 0.459 e. The Kier molecular flexibility index (Phi) is 6.62. The maximum atomic E-state index is 12.2. The Morgan fingerprint density at radius 3 is 2.70 bits per heavy atom. The molecule has 0 amide bonds. The number of thiazole rings is 1. The summed E-state index contributed by atoms with van der Waals surface area (Å²) < 4.78 is 5.47. The van der Waals surface area contributed by atoms with Crippen molar-refractivity contribution in [2.24, 2.45) is 0 Å². The summed E-state index contributed by atoms with van der Waals surface area (Å²) >= 11 is 1.63. The average molecular weight is 298 g/mol. The smallest absolute Gasteiger partial charge is 0.323 e. The van der Waals surface area contributed by atoms with Gasteiger partial charge < -0.3 is 4.74 Å². The first-order valence-corrected chi connectivity index (χ1v) is 8.07. The van der Waals surface area contributed by atoms with Crippen LogP contribution in [0.2, 0.25) is 0 Å². The van der Waals surface area contributed by atoms with Gasteiger partial charge in [0.15, 0.2) is 0 Å². The van der Waals surface area contributed by atoms with E-state index in [0.29, 0.717) is 6.54 Å². The fourth-order valence-electron chi connectivity index (χ4n) is 1.80. The number of aromatic nitrogens is 1. The second-order valence-corrected chi connectivity index (χ2v) is 7.03. The number of aryl methyl sites for hydroxylation is 1. The molecular weight excluding hydrogens is 272 g/mol. The molecule has 0 spiro atoms. The van der Waals surface area contributed by atoms with Crippen molar-refractivity contribution in [2.45, 2.75) is 72.1 Å². The second kappa shape index (κ2) is 7.74. The highest BCUT2D eigenvalue weighted by Crippen LogP contribution is 2.13. The van der Waals surface area contributed by atoms with Gasteiger partial charge in [-0.05, 0) is 34.1 Å². The minimum atomic E-state index is -0.444. The molecule has 1 aromatic heterocycles. The number of carbonyl (C=O) groups is 1. The summed E-state index contributed by atoms with van der Waals surface area (Å²) in [7, 11) is 0. The average Bonchev–Trinajstić information content (AvgIpc) is 2.73. The fraction of sp³-hybridized carbons (Fsp3) is 0.733. The fourth-order valence-corrected chi connectivity index (χ4v) is 2.41. The lowest BCUT2D eigenvalue weighted by Gasteiger charge is -2.24. The van der Waals surface area contributed by atoms with Crippen LogP contribution in [-0.4, -0.2) is 22.6 Å². The highest BCUT2D eigenvalue weighted by atomic mass is 32.1. The number of nitrogens with zero attached hydrogens (tertiary/aromatic N) is 1. The Bertz CT molecular complexity index is 424. The van der Waals surface area contributed by atoms with Crippen LogP contribution in [0.15, 0.2) is 5.38 Å². The zero-order valence-electron chi connectivity index (χ0n) is 13.2. The van der Waals surface area contributed by atoms with Gasteiger partial charge >= 0.3 is 5.97 Å². The highest BCUT2D eigenvalue weighted by Gasteiger charge is 2.24. The summed E-state index contributed by atoms with van der Waals surface area (Å²) in [6.07, 6.45) is 2.87. The first-order chi connectivity index (χ1) is 9.31. The van der Waals surface area contributed by atoms with E-state index >= 15 is 0 Å². The Balaban J connectivity index is 2.56. The Morgan fingerprint density at radius 2 is 2.20 bits per heavy atom. The molecule has 20 heavy (non-hydrogen) atoms. The predicted octanol–water partition coefficient (Wildman–Crippen LogP) is 3.44. The van der Waals surface area contributed by atoms with Crippen LogP contribution in [0.3, 0.4) is 0 Å². The van der Waals surface area contributed by atoms with E-state index in [1.807, 2.05) is 33.1 Å². The normalized spacial score (nSPS) is 13.2. The lowest BCUT2D eigenvalue weighted by atomic mass is 10.1. The molecule has 0 aliphatic rings. The highest BCUT2D eigenvalue weighted by molar-refractivity contribution is 7.09. The first kappa shape index (κ1) is 17.1. The first-order valence-electron chi connectivity index (χ1n) is 7.19. The molecule has 1 N–H and O–H groups in total. The topological polar surface area (TPSA) is 51.2 Å². The van der Waals surface area contributed by atoms with Crippen molar-refractivity contribution in [1.82, 2.24) is 10.3 Å². The predicted molar refractivity (Wildman–Crippen MR) is 82.8 cm³/mol. The molecule has 0 saturated heterocycles. The number of ether oxygens (including phenoxy) is 1. The maximum Gasteiger partial charge on any atom is 0.323 e. The lowest BCUT2D eigenvalue weighted by Crippen LogP contribution is -2.41. The molecule has 0 radical (unpaired) electrons. The van der Waals surface area contributed by atoms with E-state index in [4.69, 9.17) is 4.74 Å². The standard InChI is InChI=1S/C15H26N2O2S/c1-6-7-8-13(14(18)19-15(3,4)5)16-9-12-10-20-11(2)17-12/h10,13,16H,6-9H2,1-5H3/t13-/m0/s1. The Hall–Kier alpha value is -0.940. The van der Waals surface area contributed by atoms with Crippen LogP contribution in [0.4, 0.5) is 0 Å². The van der Waals surface area contributed by atoms with Crippen LogP contribution >= 0.6 is 11.3 Å². The number of carbonyl (C=O) groups excluding carboxylic acids is 1. The van der Waals surface area contributed by atoms with Gasteiger partial charge in [0.05, 0.1) is 10.7 Å². The summed E-state index contributed by atoms with van der Waals surface area (Å²) in [5.74, 6) is -0.169. The summed E-state index contributed by atoms with van der Waals surface area (Å²) in [6, 6.07) is -0.254. The number of nitrogens with one attached hydrogen (secondary N) is 1. The summed E-state index contributed by atoms with van der Waals surface area (Å²) in [5.41, 5.74) is 0.540. The minimum absolute atomic E-state index is 0.169. The van der Waals surface area contributed by atoms with Gasteiger partial charge in [0.25, 0.3) is 0 Å². The van der Waals surface area contributed by atoms with E-state index in [1.165, 1.54) is 0 Å².